The van der Waals surface area contributed by atoms with E-state index in [9.17, 15) is 27.6 Å². The van der Waals surface area contributed by atoms with Gasteiger partial charge in [-0.3, -0.25) is 4.79 Å². The van der Waals surface area contributed by atoms with Gasteiger partial charge in [0.2, 0.25) is 0 Å². The zero-order valence-corrected chi connectivity index (χ0v) is 17.0. The quantitative estimate of drug-likeness (QED) is 0.429. The van der Waals surface area contributed by atoms with Gasteiger partial charge in [0.15, 0.2) is 0 Å². The molecule has 2 heterocycles. The molecule has 0 aliphatic heterocycles. The summed E-state index contributed by atoms with van der Waals surface area (Å²) in [5.41, 5.74) is -1.74. The highest BCUT2D eigenvalue weighted by Crippen LogP contribution is 2.51. The Morgan fingerprint density at radius 2 is 2.00 bits per heavy atom. The van der Waals surface area contributed by atoms with Crippen LogP contribution in [0.2, 0.25) is 0 Å². The number of carboxylic acids is 1. The Bertz CT molecular complexity index is 1080. The minimum Gasteiger partial charge on any atom is -0.480 e. The lowest BCUT2D eigenvalue weighted by Gasteiger charge is -2.44. The lowest BCUT2D eigenvalue weighted by molar-refractivity contribution is -0.221. The first kappa shape index (κ1) is 21.6. The Balaban J connectivity index is 1.68. The number of benzene rings is 1. The summed E-state index contributed by atoms with van der Waals surface area (Å²) >= 11 is 1.20. The molecule has 1 fully saturated rings. The van der Waals surface area contributed by atoms with Crippen molar-refractivity contribution in [3.05, 3.63) is 59.4 Å². The third-order valence-electron chi connectivity index (χ3n) is 5.93. The maximum absolute atomic E-state index is 14.8. The molecule has 1 aromatic carbocycles. The molecule has 3 aromatic rings. The molecule has 5 nitrogen and oxygen atoms in total. The van der Waals surface area contributed by atoms with E-state index in [1.165, 1.54) is 17.5 Å². The molecule has 10 heteroatoms. The largest absolute Gasteiger partial charge is 0.480 e. The number of alkyl halides is 3. The third kappa shape index (κ3) is 4.01. The van der Waals surface area contributed by atoms with Crippen LogP contribution >= 0.6 is 11.3 Å². The Hall–Kier alpha value is -2.59. The van der Waals surface area contributed by atoms with Crippen LogP contribution in [-0.2, 0) is 16.8 Å². The molecule has 0 saturated heterocycles. The molecule has 4 rings (SSSR count). The summed E-state index contributed by atoms with van der Waals surface area (Å²) in [7, 11) is 0. The SMILES string of the molecule is O=C(O)C1(c2ncc3ccsc3n2)CCC(N(F)Cc2ccccc2)CC1C(F)(F)F. The van der Waals surface area contributed by atoms with Crippen molar-refractivity contribution in [2.24, 2.45) is 5.92 Å². The summed E-state index contributed by atoms with van der Waals surface area (Å²) in [5, 5.41) is 12.7. The molecule has 0 radical (unpaired) electrons. The molecular weight excluding hydrogens is 434 g/mol. The van der Waals surface area contributed by atoms with Crippen molar-refractivity contribution in [3.8, 4) is 0 Å². The van der Waals surface area contributed by atoms with E-state index >= 15 is 0 Å². The van der Waals surface area contributed by atoms with Gasteiger partial charge in [0.05, 0.1) is 12.5 Å². The minimum absolute atomic E-state index is 0.0615. The van der Waals surface area contributed by atoms with Gasteiger partial charge in [-0.2, -0.15) is 13.2 Å². The molecule has 1 aliphatic carbocycles. The number of nitrogens with zero attached hydrogens (tertiary/aromatic N) is 3. The van der Waals surface area contributed by atoms with Crippen molar-refractivity contribution < 1.29 is 27.6 Å². The van der Waals surface area contributed by atoms with Crippen molar-refractivity contribution in [3.63, 3.8) is 0 Å². The van der Waals surface area contributed by atoms with Gasteiger partial charge >= 0.3 is 12.1 Å². The maximum atomic E-state index is 14.8. The number of carbonyl (C=O) groups is 1. The van der Waals surface area contributed by atoms with Gasteiger partial charge in [0, 0.05) is 17.6 Å². The van der Waals surface area contributed by atoms with E-state index in [1.807, 2.05) is 0 Å². The zero-order valence-electron chi connectivity index (χ0n) is 16.2. The normalized spacial score (nSPS) is 24.5. The lowest BCUT2D eigenvalue weighted by Crippen LogP contribution is -2.56. The highest BCUT2D eigenvalue weighted by molar-refractivity contribution is 7.16. The molecule has 0 spiro atoms. The highest BCUT2D eigenvalue weighted by Gasteiger charge is 2.63. The van der Waals surface area contributed by atoms with E-state index in [1.54, 1.807) is 41.8 Å². The molecule has 3 unspecified atom stereocenters. The number of aliphatic carboxylic acids is 1. The molecule has 1 N–H and O–H groups in total. The second kappa shape index (κ2) is 8.16. The molecule has 1 saturated carbocycles. The number of carboxylic acid groups (broad SMARTS) is 1. The molecule has 0 bridgehead atoms. The van der Waals surface area contributed by atoms with E-state index in [2.05, 4.69) is 9.97 Å². The number of aromatic nitrogens is 2. The van der Waals surface area contributed by atoms with Gasteiger partial charge in [-0.15, -0.1) is 20.9 Å². The molecule has 3 atom stereocenters. The van der Waals surface area contributed by atoms with E-state index in [-0.39, 0.29) is 18.8 Å². The lowest BCUT2D eigenvalue weighted by atomic mass is 9.63. The van der Waals surface area contributed by atoms with Gasteiger partial charge in [-0.25, -0.2) is 9.97 Å². The first-order chi connectivity index (χ1) is 14.7. The fourth-order valence-corrected chi connectivity index (χ4v) is 5.04. The average Bonchev–Trinajstić information content (AvgIpc) is 3.21. The Morgan fingerprint density at radius 1 is 1.26 bits per heavy atom. The summed E-state index contributed by atoms with van der Waals surface area (Å²) < 4.78 is 57.3. The van der Waals surface area contributed by atoms with E-state index < -0.39 is 42.4 Å². The molecule has 164 valence electrons. The third-order valence-corrected chi connectivity index (χ3v) is 6.75. The van der Waals surface area contributed by atoms with Gasteiger partial charge in [0.25, 0.3) is 0 Å². The number of hydrogen-bond acceptors (Lipinski definition) is 5. The molecular formula is C21H19F4N3O2S. The summed E-state index contributed by atoms with van der Waals surface area (Å²) in [6.45, 7) is -0.173. The number of rotatable bonds is 5. The summed E-state index contributed by atoms with van der Waals surface area (Å²) in [4.78, 5) is 20.9. The van der Waals surface area contributed by atoms with Crippen LogP contribution in [0.3, 0.4) is 0 Å². The average molecular weight is 453 g/mol. The predicted molar refractivity (Wildman–Crippen MR) is 107 cm³/mol. The number of halogens is 4. The zero-order chi connectivity index (χ0) is 22.2. The fraction of sp³-hybridized carbons (Fsp3) is 0.381. The van der Waals surface area contributed by atoms with Crippen LogP contribution in [0.1, 0.15) is 30.7 Å². The molecule has 2 aromatic heterocycles. The van der Waals surface area contributed by atoms with Gasteiger partial charge in [-0.1, -0.05) is 30.3 Å². The monoisotopic (exact) mass is 453 g/mol. The number of fused-ring (bicyclic) bond motifs is 1. The second-order valence-corrected chi connectivity index (χ2v) is 8.61. The topological polar surface area (TPSA) is 66.3 Å². The van der Waals surface area contributed by atoms with Crippen LogP contribution in [0.25, 0.3) is 10.2 Å². The fourth-order valence-electron chi connectivity index (χ4n) is 4.30. The van der Waals surface area contributed by atoms with E-state index in [4.69, 9.17) is 0 Å². The first-order valence-electron chi connectivity index (χ1n) is 9.69. The van der Waals surface area contributed by atoms with Crippen LogP contribution in [0, 0.1) is 5.92 Å². The minimum atomic E-state index is -4.86. The van der Waals surface area contributed by atoms with Gasteiger partial charge < -0.3 is 5.11 Å². The van der Waals surface area contributed by atoms with Gasteiger partial charge in [-0.05, 0) is 36.3 Å². The summed E-state index contributed by atoms with van der Waals surface area (Å²) in [6.07, 6.45) is -4.68. The van der Waals surface area contributed by atoms with E-state index in [0.29, 0.717) is 20.9 Å². The first-order valence-corrected chi connectivity index (χ1v) is 10.6. The Kier molecular flexibility index (Phi) is 5.69. The van der Waals surface area contributed by atoms with Crippen molar-refractivity contribution in [1.82, 2.24) is 15.1 Å². The van der Waals surface area contributed by atoms with Crippen molar-refractivity contribution in [2.75, 3.05) is 0 Å². The molecule has 1 aliphatic rings. The standard InChI is InChI=1S/C21H19F4N3O2S/c22-21(23,24)16-10-15(28(25)12-13-4-2-1-3-5-13)6-8-20(16,19(29)30)18-26-11-14-7-9-31-17(14)27-18/h1-5,7,9,11,15-16H,6,8,10,12H2,(H,29,30). The van der Waals surface area contributed by atoms with Crippen LogP contribution in [0.5, 0.6) is 0 Å². The predicted octanol–water partition coefficient (Wildman–Crippen LogP) is 5.13. The Morgan fingerprint density at radius 3 is 2.68 bits per heavy atom. The van der Waals surface area contributed by atoms with Gasteiger partial charge in [0.1, 0.15) is 16.1 Å². The highest BCUT2D eigenvalue weighted by atomic mass is 32.1. The van der Waals surface area contributed by atoms with E-state index in [0.717, 1.165) is 0 Å². The summed E-state index contributed by atoms with van der Waals surface area (Å²) in [6, 6.07) is 9.21. The summed E-state index contributed by atoms with van der Waals surface area (Å²) in [5.74, 6) is -4.33. The van der Waals surface area contributed by atoms with Crippen molar-refractivity contribution >= 4 is 27.5 Å². The Labute approximate surface area is 179 Å². The molecule has 31 heavy (non-hydrogen) atoms. The number of hydrogen-bond donors (Lipinski definition) is 1. The van der Waals surface area contributed by atoms with Crippen LogP contribution in [-0.4, -0.2) is 38.4 Å². The smallest absolute Gasteiger partial charge is 0.393 e. The van der Waals surface area contributed by atoms with Crippen LogP contribution in [0.15, 0.2) is 48.0 Å². The van der Waals surface area contributed by atoms with Crippen LogP contribution in [0.4, 0.5) is 17.7 Å². The second-order valence-electron chi connectivity index (χ2n) is 7.72. The van der Waals surface area contributed by atoms with Crippen molar-refractivity contribution in [1.29, 1.82) is 0 Å². The van der Waals surface area contributed by atoms with Crippen LogP contribution < -0.4 is 0 Å². The van der Waals surface area contributed by atoms with Crippen molar-refractivity contribution in [2.45, 2.75) is 43.4 Å². The maximum Gasteiger partial charge on any atom is 0.393 e. The molecule has 0 amide bonds. The number of thiophene rings is 1.